The first-order chi connectivity index (χ1) is 6.18. The highest BCUT2D eigenvalue weighted by molar-refractivity contribution is 7.16. The van der Waals surface area contributed by atoms with Crippen LogP contribution in [0.1, 0.15) is 18.7 Å². The fraction of sp³-hybridized carbons (Fsp3) is 0.400. The van der Waals surface area contributed by atoms with Gasteiger partial charge in [0.2, 0.25) is 0 Å². The minimum absolute atomic E-state index is 0.860. The fourth-order valence-electron chi connectivity index (χ4n) is 0.918. The van der Waals surface area contributed by atoms with Crippen LogP contribution >= 0.6 is 22.9 Å². The monoisotopic (exact) mass is 215 g/mol. The lowest BCUT2D eigenvalue weighted by Crippen LogP contribution is -2.11. The second-order valence-corrected chi connectivity index (χ2v) is 4.92. The lowest BCUT2D eigenvalue weighted by atomic mass is 10.3. The van der Waals surface area contributed by atoms with Crippen LogP contribution in [-0.4, -0.2) is 6.54 Å². The number of thiophene rings is 1. The van der Waals surface area contributed by atoms with Gasteiger partial charge in [-0.2, -0.15) is 0 Å². The minimum Gasteiger partial charge on any atom is -0.308 e. The largest absolute Gasteiger partial charge is 0.308 e. The molecule has 0 aliphatic heterocycles. The Morgan fingerprint density at radius 3 is 2.85 bits per heavy atom. The van der Waals surface area contributed by atoms with Crippen molar-refractivity contribution >= 4 is 22.9 Å². The highest BCUT2D eigenvalue weighted by Crippen LogP contribution is 2.20. The van der Waals surface area contributed by atoms with E-state index in [1.165, 1.54) is 10.5 Å². The maximum absolute atomic E-state index is 5.80. The van der Waals surface area contributed by atoms with Crippen molar-refractivity contribution in [3.05, 3.63) is 33.0 Å². The van der Waals surface area contributed by atoms with Crippen LogP contribution in [0, 0.1) is 0 Å². The van der Waals surface area contributed by atoms with Gasteiger partial charge in [-0.15, -0.1) is 11.3 Å². The molecule has 1 nitrogen and oxygen atoms in total. The Labute approximate surface area is 88.4 Å². The first-order valence-electron chi connectivity index (χ1n) is 4.27. The van der Waals surface area contributed by atoms with Crippen LogP contribution in [0.25, 0.3) is 0 Å². The molecule has 1 heterocycles. The molecule has 13 heavy (non-hydrogen) atoms. The normalized spacial score (nSPS) is 10.1. The summed E-state index contributed by atoms with van der Waals surface area (Å²) in [6.07, 6.45) is 2.18. The average molecular weight is 216 g/mol. The van der Waals surface area contributed by atoms with Crippen LogP contribution < -0.4 is 5.32 Å². The van der Waals surface area contributed by atoms with Crippen molar-refractivity contribution in [3.8, 4) is 0 Å². The number of hydrogen-bond acceptors (Lipinski definition) is 2. The van der Waals surface area contributed by atoms with E-state index in [4.69, 9.17) is 11.6 Å². The van der Waals surface area contributed by atoms with Crippen molar-refractivity contribution in [2.75, 3.05) is 6.54 Å². The van der Waals surface area contributed by atoms with Gasteiger partial charge < -0.3 is 5.32 Å². The molecule has 0 unspecified atom stereocenters. The molecule has 0 amide bonds. The highest BCUT2D eigenvalue weighted by Gasteiger charge is 1.95. The highest BCUT2D eigenvalue weighted by atomic mass is 35.5. The van der Waals surface area contributed by atoms with Gasteiger partial charge in [-0.05, 0) is 26.0 Å². The minimum atomic E-state index is 0.860. The molecular weight excluding hydrogens is 202 g/mol. The van der Waals surface area contributed by atoms with Crippen LogP contribution in [0.2, 0.25) is 4.34 Å². The average Bonchev–Trinajstić information content (AvgIpc) is 2.45. The molecule has 0 spiro atoms. The Morgan fingerprint density at radius 1 is 1.54 bits per heavy atom. The maximum atomic E-state index is 5.80. The summed E-state index contributed by atoms with van der Waals surface area (Å²) >= 11 is 7.43. The molecule has 0 aliphatic carbocycles. The van der Waals surface area contributed by atoms with Crippen LogP contribution in [-0.2, 0) is 6.54 Å². The lowest BCUT2D eigenvalue weighted by molar-refractivity contribution is 0.767. The number of hydrogen-bond donors (Lipinski definition) is 1. The molecule has 3 heteroatoms. The molecule has 0 aliphatic rings. The van der Waals surface area contributed by atoms with Gasteiger partial charge in [0.05, 0.1) is 4.34 Å². The number of rotatable bonds is 4. The van der Waals surface area contributed by atoms with Gasteiger partial charge in [0, 0.05) is 18.0 Å². The molecule has 0 saturated heterocycles. The second kappa shape index (κ2) is 5.43. The fourth-order valence-corrected chi connectivity index (χ4v) is 1.98. The van der Waals surface area contributed by atoms with Gasteiger partial charge >= 0.3 is 0 Å². The summed E-state index contributed by atoms with van der Waals surface area (Å²) in [6, 6.07) is 3.99. The molecule has 1 aromatic heterocycles. The summed E-state index contributed by atoms with van der Waals surface area (Å²) in [6.45, 7) is 6.03. The van der Waals surface area contributed by atoms with Crippen LogP contribution in [0.15, 0.2) is 23.8 Å². The molecule has 0 radical (unpaired) electrons. The van der Waals surface area contributed by atoms with E-state index in [-0.39, 0.29) is 0 Å². The van der Waals surface area contributed by atoms with Crippen molar-refractivity contribution < 1.29 is 0 Å². The lowest BCUT2D eigenvalue weighted by Gasteiger charge is -1.98. The van der Waals surface area contributed by atoms with E-state index in [0.29, 0.717) is 0 Å². The van der Waals surface area contributed by atoms with Crippen molar-refractivity contribution in [1.29, 1.82) is 0 Å². The molecule has 1 aromatic rings. The van der Waals surface area contributed by atoms with Crippen molar-refractivity contribution in [1.82, 2.24) is 5.32 Å². The standard InChI is InChI=1S/C10H14ClNS/c1-8(2)5-6-12-7-9-3-4-10(11)13-9/h3-5,12H,6-7H2,1-2H3. The van der Waals surface area contributed by atoms with Crippen LogP contribution in [0.4, 0.5) is 0 Å². The van der Waals surface area contributed by atoms with E-state index >= 15 is 0 Å². The Kier molecular flexibility index (Phi) is 4.50. The summed E-state index contributed by atoms with van der Waals surface area (Å²) in [5.74, 6) is 0. The zero-order valence-electron chi connectivity index (χ0n) is 7.93. The predicted octanol–water partition coefficient (Wildman–Crippen LogP) is 3.46. The molecule has 0 atom stereocenters. The van der Waals surface area contributed by atoms with Gasteiger partial charge in [0.1, 0.15) is 0 Å². The van der Waals surface area contributed by atoms with Gasteiger partial charge in [0.25, 0.3) is 0 Å². The molecular formula is C10H14ClNS. The molecule has 72 valence electrons. The summed E-state index contributed by atoms with van der Waals surface area (Å²) in [5, 5.41) is 3.32. The Balaban J connectivity index is 2.24. The quantitative estimate of drug-likeness (QED) is 0.599. The van der Waals surface area contributed by atoms with Crippen molar-refractivity contribution in [2.45, 2.75) is 20.4 Å². The van der Waals surface area contributed by atoms with E-state index < -0.39 is 0 Å². The van der Waals surface area contributed by atoms with Crippen molar-refractivity contribution in [2.24, 2.45) is 0 Å². The van der Waals surface area contributed by atoms with Crippen molar-refractivity contribution in [3.63, 3.8) is 0 Å². The third kappa shape index (κ3) is 4.46. The second-order valence-electron chi connectivity index (χ2n) is 3.12. The molecule has 0 aromatic carbocycles. The number of allylic oxidation sites excluding steroid dienone is 1. The van der Waals surface area contributed by atoms with E-state index in [1.54, 1.807) is 11.3 Å². The smallest absolute Gasteiger partial charge is 0.0931 e. The number of halogens is 1. The topological polar surface area (TPSA) is 12.0 Å². The number of nitrogens with one attached hydrogen (secondary N) is 1. The maximum Gasteiger partial charge on any atom is 0.0931 e. The van der Waals surface area contributed by atoms with Crippen LogP contribution in [0.5, 0.6) is 0 Å². The Morgan fingerprint density at radius 2 is 2.31 bits per heavy atom. The molecule has 1 rings (SSSR count). The van der Waals surface area contributed by atoms with E-state index in [1.807, 2.05) is 6.07 Å². The van der Waals surface area contributed by atoms with Crippen LogP contribution in [0.3, 0.4) is 0 Å². The van der Waals surface area contributed by atoms with Gasteiger partial charge in [0.15, 0.2) is 0 Å². The molecule has 0 saturated carbocycles. The first-order valence-corrected chi connectivity index (χ1v) is 5.46. The Hall–Kier alpha value is -0.310. The predicted molar refractivity (Wildman–Crippen MR) is 60.5 cm³/mol. The molecule has 1 N–H and O–H groups in total. The van der Waals surface area contributed by atoms with Gasteiger partial charge in [-0.3, -0.25) is 0 Å². The Bertz CT molecular complexity index is 287. The third-order valence-electron chi connectivity index (χ3n) is 1.58. The summed E-state index contributed by atoms with van der Waals surface area (Å²) in [7, 11) is 0. The molecule has 0 bridgehead atoms. The summed E-state index contributed by atoms with van der Waals surface area (Å²) in [5.41, 5.74) is 1.34. The van der Waals surface area contributed by atoms with E-state index in [9.17, 15) is 0 Å². The van der Waals surface area contributed by atoms with E-state index in [0.717, 1.165) is 17.4 Å². The first kappa shape index (κ1) is 10.8. The zero-order chi connectivity index (χ0) is 9.68. The SMILES string of the molecule is CC(C)=CCNCc1ccc(Cl)s1. The van der Waals surface area contributed by atoms with Gasteiger partial charge in [-0.25, -0.2) is 0 Å². The van der Waals surface area contributed by atoms with Gasteiger partial charge in [-0.1, -0.05) is 23.3 Å². The molecule has 0 fully saturated rings. The van der Waals surface area contributed by atoms with E-state index in [2.05, 4.69) is 31.3 Å². The third-order valence-corrected chi connectivity index (χ3v) is 2.81. The zero-order valence-corrected chi connectivity index (χ0v) is 9.50. The summed E-state index contributed by atoms with van der Waals surface area (Å²) < 4.78 is 0.860. The summed E-state index contributed by atoms with van der Waals surface area (Å²) in [4.78, 5) is 1.28.